The minimum Gasteiger partial charge on any atom is -0.480 e. The van der Waals surface area contributed by atoms with E-state index in [2.05, 4.69) is 26.1 Å². The number of halogens is 1. The molecule has 1 aromatic carbocycles. The Bertz CT molecular complexity index is 456. The fraction of sp³-hybridized carbons (Fsp3) is 0.0909. The molecule has 1 heterocycles. The molecule has 2 rings (SSSR count). The van der Waals surface area contributed by atoms with Gasteiger partial charge in [-0.1, -0.05) is 28.1 Å². The molecule has 0 fully saturated rings. The second kappa shape index (κ2) is 4.40. The summed E-state index contributed by atoms with van der Waals surface area (Å²) in [6.07, 6.45) is 0. The van der Waals surface area contributed by atoms with E-state index in [9.17, 15) is 0 Å². The summed E-state index contributed by atoms with van der Waals surface area (Å²) in [5.74, 6) is 0.522. The van der Waals surface area contributed by atoms with Crippen molar-refractivity contribution < 1.29 is 4.74 Å². The Morgan fingerprint density at radius 3 is 2.60 bits per heavy atom. The SMILES string of the molecule is COc1ccc(-c2cccc(Br)c2)nn1. The number of methoxy groups -OCH3 is 1. The average Bonchev–Trinajstić information content (AvgIpc) is 2.29. The number of nitrogens with zero attached hydrogens (tertiary/aromatic N) is 2. The lowest BCUT2D eigenvalue weighted by molar-refractivity contribution is 0.392. The Hall–Kier alpha value is -1.42. The summed E-state index contributed by atoms with van der Waals surface area (Å²) in [6.45, 7) is 0. The van der Waals surface area contributed by atoms with E-state index >= 15 is 0 Å². The smallest absolute Gasteiger partial charge is 0.233 e. The summed E-state index contributed by atoms with van der Waals surface area (Å²) in [7, 11) is 1.57. The normalized spacial score (nSPS) is 10.0. The number of hydrogen-bond acceptors (Lipinski definition) is 3. The molecule has 0 radical (unpaired) electrons. The van der Waals surface area contributed by atoms with Crippen molar-refractivity contribution in [3.05, 3.63) is 40.9 Å². The maximum absolute atomic E-state index is 4.95. The molecule has 1 aromatic heterocycles. The van der Waals surface area contributed by atoms with Gasteiger partial charge in [-0.2, -0.15) is 0 Å². The quantitative estimate of drug-likeness (QED) is 0.837. The predicted octanol–water partition coefficient (Wildman–Crippen LogP) is 2.91. The Morgan fingerprint density at radius 2 is 2.00 bits per heavy atom. The highest BCUT2D eigenvalue weighted by Crippen LogP contribution is 2.21. The van der Waals surface area contributed by atoms with Crippen molar-refractivity contribution in [2.45, 2.75) is 0 Å². The van der Waals surface area contributed by atoms with Gasteiger partial charge in [0.15, 0.2) is 0 Å². The van der Waals surface area contributed by atoms with Gasteiger partial charge in [-0.15, -0.1) is 10.2 Å². The van der Waals surface area contributed by atoms with Crippen molar-refractivity contribution in [3.8, 4) is 17.1 Å². The standard InChI is InChI=1S/C11H9BrN2O/c1-15-11-6-5-10(13-14-11)8-3-2-4-9(12)7-8/h2-7H,1H3. The minimum atomic E-state index is 0.522. The van der Waals surface area contributed by atoms with Crippen molar-refractivity contribution >= 4 is 15.9 Å². The zero-order valence-electron chi connectivity index (χ0n) is 8.14. The molecule has 0 atom stereocenters. The highest BCUT2D eigenvalue weighted by molar-refractivity contribution is 9.10. The van der Waals surface area contributed by atoms with Crippen LogP contribution in [0.5, 0.6) is 5.88 Å². The van der Waals surface area contributed by atoms with Crippen LogP contribution in [0, 0.1) is 0 Å². The largest absolute Gasteiger partial charge is 0.480 e. The van der Waals surface area contributed by atoms with E-state index in [4.69, 9.17) is 4.74 Å². The van der Waals surface area contributed by atoms with E-state index in [1.807, 2.05) is 30.3 Å². The fourth-order valence-electron chi connectivity index (χ4n) is 1.23. The van der Waals surface area contributed by atoms with Gasteiger partial charge in [0.1, 0.15) is 0 Å². The number of rotatable bonds is 2. The average molecular weight is 265 g/mol. The second-order valence-corrected chi connectivity index (χ2v) is 3.89. The van der Waals surface area contributed by atoms with E-state index in [0.717, 1.165) is 15.7 Å². The van der Waals surface area contributed by atoms with Gasteiger partial charge < -0.3 is 4.74 Å². The molecule has 15 heavy (non-hydrogen) atoms. The summed E-state index contributed by atoms with van der Waals surface area (Å²) >= 11 is 3.41. The van der Waals surface area contributed by atoms with Crippen LogP contribution in [0.4, 0.5) is 0 Å². The topological polar surface area (TPSA) is 35.0 Å². The molecule has 3 nitrogen and oxygen atoms in total. The molecule has 0 aliphatic carbocycles. The summed E-state index contributed by atoms with van der Waals surface area (Å²) in [5, 5.41) is 7.98. The molecule has 0 aliphatic rings. The first-order chi connectivity index (χ1) is 7.29. The number of benzene rings is 1. The summed E-state index contributed by atoms with van der Waals surface area (Å²) in [5.41, 5.74) is 1.86. The number of aromatic nitrogens is 2. The summed E-state index contributed by atoms with van der Waals surface area (Å²) in [4.78, 5) is 0. The van der Waals surface area contributed by atoms with E-state index in [0.29, 0.717) is 5.88 Å². The molecule has 0 saturated heterocycles. The maximum atomic E-state index is 4.95. The lowest BCUT2D eigenvalue weighted by Gasteiger charge is -2.01. The van der Waals surface area contributed by atoms with Crippen molar-refractivity contribution in [2.75, 3.05) is 7.11 Å². The monoisotopic (exact) mass is 264 g/mol. The molecular weight excluding hydrogens is 256 g/mol. The lowest BCUT2D eigenvalue weighted by Crippen LogP contribution is -1.91. The molecule has 0 amide bonds. The van der Waals surface area contributed by atoms with Crippen molar-refractivity contribution in [1.82, 2.24) is 10.2 Å². The molecule has 4 heteroatoms. The highest BCUT2D eigenvalue weighted by Gasteiger charge is 2.01. The van der Waals surface area contributed by atoms with Crippen LogP contribution in [0.1, 0.15) is 0 Å². The summed E-state index contributed by atoms with van der Waals surface area (Å²) < 4.78 is 5.97. The van der Waals surface area contributed by atoms with Crippen LogP contribution < -0.4 is 4.74 Å². The molecule has 76 valence electrons. The van der Waals surface area contributed by atoms with E-state index in [1.165, 1.54) is 0 Å². The van der Waals surface area contributed by atoms with Crippen LogP contribution >= 0.6 is 15.9 Å². The third kappa shape index (κ3) is 2.33. The molecular formula is C11H9BrN2O. The third-order valence-electron chi connectivity index (χ3n) is 1.97. The fourth-order valence-corrected chi connectivity index (χ4v) is 1.63. The van der Waals surface area contributed by atoms with E-state index in [1.54, 1.807) is 13.2 Å². The molecule has 0 bridgehead atoms. The zero-order chi connectivity index (χ0) is 10.7. The minimum absolute atomic E-state index is 0.522. The zero-order valence-corrected chi connectivity index (χ0v) is 9.73. The van der Waals surface area contributed by atoms with Crippen molar-refractivity contribution in [1.29, 1.82) is 0 Å². The van der Waals surface area contributed by atoms with Gasteiger partial charge in [-0.25, -0.2) is 0 Å². The van der Waals surface area contributed by atoms with Gasteiger partial charge in [0, 0.05) is 16.1 Å². The number of hydrogen-bond donors (Lipinski definition) is 0. The molecule has 2 aromatic rings. The molecule has 0 aliphatic heterocycles. The van der Waals surface area contributed by atoms with E-state index in [-0.39, 0.29) is 0 Å². The highest BCUT2D eigenvalue weighted by atomic mass is 79.9. The van der Waals surface area contributed by atoms with Gasteiger partial charge in [0.25, 0.3) is 0 Å². The third-order valence-corrected chi connectivity index (χ3v) is 2.46. The predicted molar refractivity (Wildman–Crippen MR) is 61.7 cm³/mol. The molecule has 0 saturated carbocycles. The maximum Gasteiger partial charge on any atom is 0.233 e. The second-order valence-electron chi connectivity index (χ2n) is 2.97. The molecule has 0 N–H and O–H groups in total. The Balaban J connectivity index is 2.37. The van der Waals surface area contributed by atoms with Gasteiger partial charge in [0.2, 0.25) is 5.88 Å². The van der Waals surface area contributed by atoms with Crippen molar-refractivity contribution in [2.24, 2.45) is 0 Å². The van der Waals surface area contributed by atoms with Crippen LogP contribution in [0.3, 0.4) is 0 Å². The first-order valence-corrected chi connectivity index (χ1v) is 5.22. The first kappa shape index (κ1) is 10.1. The Labute approximate surface area is 96.2 Å². The Kier molecular flexibility index (Phi) is 2.97. The molecule has 0 unspecified atom stereocenters. The van der Waals surface area contributed by atoms with Gasteiger partial charge in [-0.05, 0) is 18.2 Å². The first-order valence-electron chi connectivity index (χ1n) is 4.43. The molecule has 0 spiro atoms. The van der Waals surface area contributed by atoms with Crippen molar-refractivity contribution in [3.63, 3.8) is 0 Å². The van der Waals surface area contributed by atoms with Gasteiger partial charge in [0.05, 0.1) is 12.8 Å². The van der Waals surface area contributed by atoms with Gasteiger partial charge >= 0.3 is 0 Å². The van der Waals surface area contributed by atoms with Crippen LogP contribution in [0.2, 0.25) is 0 Å². The van der Waals surface area contributed by atoms with Crippen LogP contribution in [-0.2, 0) is 0 Å². The van der Waals surface area contributed by atoms with Crippen LogP contribution in [0.25, 0.3) is 11.3 Å². The number of ether oxygens (including phenoxy) is 1. The summed E-state index contributed by atoms with van der Waals surface area (Å²) in [6, 6.07) is 11.6. The lowest BCUT2D eigenvalue weighted by atomic mass is 10.1. The van der Waals surface area contributed by atoms with Gasteiger partial charge in [-0.3, -0.25) is 0 Å². The van der Waals surface area contributed by atoms with E-state index < -0.39 is 0 Å². The van der Waals surface area contributed by atoms with Crippen LogP contribution in [0.15, 0.2) is 40.9 Å². The van der Waals surface area contributed by atoms with Crippen LogP contribution in [-0.4, -0.2) is 17.3 Å². The Morgan fingerprint density at radius 1 is 1.13 bits per heavy atom.